The van der Waals surface area contributed by atoms with Crippen molar-refractivity contribution >= 4 is 0 Å². The number of nitrogens with one attached hydrogen (secondary N) is 1. The molecule has 9 heavy (non-hydrogen) atoms. The first-order valence-corrected chi connectivity index (χ1v) is 3.11. The topological polar surface area (TPSA) is 30.5 Å². The van der Waals surface area contributed by atoms with Crippen molar-refractivity contribution in [1.29, 1.82) is 0 Å². The quantitative estimate of drug-likeness (QED) is 0.464. The van der Waals surface area contributed by atoms with Crippen molar-refractivity contribution in [3.8, 4) is 0 Å². The highest BCUT2D eigenvalue weighted by atomic mass is 16.9. The summed E-state index contributed by atoms with van der Waals surface area (Å²) >= 11 is 0. The summed E-state index contributed by atoms with van der Waals surface area (Å²) in [6, 6.07) is 0. The molecule has 0 atom stereocenters. The molecule has 0 saturated carbocycles. The van der Waals surface area contributed by atoms with Crippen molar-refractivity contribution in [3.63, 3.8) is 0 Å². The minimum absolute atomic E-state index is 0.185. The molecule has 56 valence electrons. The molecule has 0 fully saturated rings. The van der Waals surface area contributed by atoms with E-state index in [1.54, 1.807) is 0 Å². The smallest absolute Gasteiger partial charge is 0.0839 e. The predicted molar refractivity (Wildman–Crippen MR) is 35.6 cm³/mol. The Morgan fingerprint density at radius 2 is 1.89 bits per heavy atom. The van der Waals surface area contributed by atoms with Gasteiger partial charge in [0.05, 0.1) is 12.2 Å². The van der Waals surface area contributed by atoms with Crippen molar-refractivity contribution in [1.82, 2.24) is 5.64 Å². The van der Waals surface area contributed by atoms with Gasteiger partial charge in [0.1, 0.15) is 0 Å². The molecule has 0 unspecified atom stereocenters. The van der Waals surface area contributed by atoms with Gasteiger partial charge < -0.3 is 0 Å². The van der Waals surface area contributed by atoms with Gasteiger partial charge in [-0.1, -0.05) is 5.64 Å². The summed E-state index contributed by atoms with van der Waals surface area (Å²) in [5.41, 5.74) is 2.19. The van der Waals surface area contributed by atoms with Crippen molar-refractivity contribution in [3.05, 3.63) is 0 Å². The van der Waals surface area contributed by atoms with Gasteiger partial charge in [-0.25, -0.2) is 0 Å². The molecule has 0 heterocycles. The molecular formula is C6H15NO2. The van der Waals surface area contributed by atoms with E-state index in [1.807, 2.05) is 27.7 Å². The van der Waals surface area contributed by atoms with Crippen LogP contribution in [0.25, 0.3) is 0 Å². The van der Waals surface area contributed by atoms with Crippen LogP contribution in [-0.2, 0) is 9.68 Å². The van der Waals surface area contributed by atoms with Crippen LogP contribution in [0.2, 0.25) is 0 Å². The van der Waals surface area contributed by atoms with E-state index in [0.717, 1.165) is 0 Å². The molecule has 0 aliphatic carbocycles. The Bertz CT molecular complexity index is 67.9. The van der Waals surface area contributed by atoms with Gasteiger partial charge in [-0.15, -0.1) is 0 Å². The van der Waals surface area contributed by atoms with Crippen LogP contribution in [0.1, 0.15) is 27.7 Å². The standard InChI is InChI=1S/C6H15NO2/c1-5-8-7-9-6(2,3)4/h7H,5H2,1-4H3. The Morgan fingerprint density at radius 3 is 2.22 bits per heavy atom. The zero-order valence-electron chi connectivity index (χ0n) is 6.52. The van der Waals surface area contributed by atoms with Crippen LogP contribution < -0.4 is 5.64 Å². The lowest BCUT2D eigenvalue weighted by atomic mass is 10.2. The van der Waals surface area contributed by atoms with Crippen molar-refractivity contribution in [2.75, 3.05) is 6.61 Å². The van der Waals surface area contributed by atoms with Crippen LogP contribution in [0, 0.1) is 0 Å². The van der Waals surface area contributed by atoms with E-state index in [0.29, 0.717) is 6.61 Å². The highest BCUT2D eigenvalue weighted by Gasteiger charge is 2.09. The summed E-state index contributed by atoms with van der Waals surface area (Å²) in [6.45, 7) is 8.33. The van der Waals surface area contributed by atoms with Crippen LogP contribution in [0.4, 0.5) is 0 Å². The van der Waals surface area contributed by atoms with E-state index in [4.69, 9.17) is 9.68 Å². The lowest BCUT2D eigenvalue weighted by Crippen LogP contribution is -2.29. The minimum atomic E-state index is -0.185. The lowest BCUT2D eigenvalue weighted by Gasteiger charge is -2.17. The lowest BCUT2D eigenvalue weighted by molar-refractivity contribution is -0.219. The maximum atomic E-state index is 5.00. The van der Waals surface area contributed by atoms with Crippen LogP contribution in [0.5, 0.6) is 0 Å². The van der Waals surface area contributed by atoms with Crippen molar-refractivity contribution in [2.24, 2.45) is 0 Å². The Labute approximate surface area is 56.2 Å². The predicted octanol–water partition coefficient (Wildman–Crippen LogP) is 1.26. The summed E-state index contributed by atoms with van der Waals surface area (Å²) in [5.74, 6) is 0. The van der Waals surface area contributed by atoms with Gasteiger partial charge in [0, 0.05) is 0 Å². The van der Waals surface area contributed by atoms with Gasteiger partial charge in [-0.3, -0.25) is 9.68 Å². The highest BCUT2D eigenvalue weighted by molar-refractivity contribution is 4.54. The Kier molecular flexibility index (Phi) is 3.77. The molecule has 3 heteroatoms. The van der Waals surface area contributed by atoms with E-state index in [2.05, 4.69) is 5.64 Å². The molecule has 0 aliphatic rings. The molecule has 0 saturated heterocycles. The van der Waals surface area contributed by atoms with E-state index in [1.165, 1.54) is 0 Å². The molecular weight excluding hydrogens is 118 g/mol. The van der Waals surface area contributed by atoms with Gasteiger partial charge in [0.2, 0.25) is 0 Å². The fourth-order valence-corrected chi connectivity index (χ4v) is 0.213. The van der Waals surface area contributed by atoms with E-state index in [-0.39, 0.29) is 5.60 Å². The summed E-state index contributed by atoms with van der Waals surface area (Å²) in [5, 5.41) is 0. The largest absolute Gasteiger partial charge is 0.277 e. The molecule has 1 N–H and O–H groups in total. The summed E-state index contributed by atoms with van der Waals surface area (Å²) < 4.78 is 0. The van der Waals surface area contributed by atoms with Crippen molar-refractivity contribution in [2.45, 2.75) is 33.3 Å². The molecule has 0 aromatic carbocycles. The zero-order valence-corrected chi connectivity index (χ0v) is 6.52. The molecule has 0 bridgehead atoms. The maximum absolute atomic E-state index is 5.00. The first-order valence-electron chi connectivity index (χ1n) is 3.11. The second-order valence-electron chi connectivity index (χ2n) is 2.73. The molecule has 3 nitrogen and oxygen atoms in total. The normalized spacial score (nSPS) is 12.0. The summed E-state index contributed by atoms with van der Waals surface area (Å²) in [7, 11) is 0. The van der Waals surface area contributed by atoms with Gasteiger partial charge >= 0.3 is 0 Å². The molecule has 0 aliphatic heterocycles. The van der Waals surface area contributed by atoms with Gasteiger partial charge in [0.15, 0.2) is 0 Å². The second kappa shape index (κ2) is 3.82. The van der Waals surface area contributed by atoms with E-state index in [9.17, 15) is 0 Å². The molecule has 0 radical (unpaired) electrons. The van der Waals surface area contributed by atoms with Crippen molar-refractivity contribution < 1.29 is 9.68 Å². The monoisotopic (exact) mass is 133 g/mol. The zero-order chi connectivity index (χ0) is 7.33. The van der Waals surface area contributed by atoms with E-state index < -0.39 is 0 Å². The first-order chi connectivity index (χ1) is 4.06. The van der Waals surface area contributed by atoms with Gasteiger partial charge in [-0.05, 0) is 27.7 Å². The molecule has 0 rings (SSSR count). The van der Waals surface area contributed by atoms with Crippen LogP contribution >= 0.6 is 0 Å². The third-order valence-electron chi connectivity index (χ3n) is 0.551. The third kappa shape index (κ3) is 7.88. The summed E-state index contributed by atoms with van der Waals surface area (Å²) in [4.78, 5) is 9.73. The number of hydrogen-bond acceptors (Lipinski definition) is 3. The molecule has 0 aromatic heterocycles. The minimum Gasteiger partial charge on any atom is -0.277 e. The molecule has 0 amide bonds. The fourth-order valence-electron chi connectivity index (χ4n) is 0.213. The average Bonchev–Trinajstić information content (AvgIpc) is 1.63. The number of hydrogen-bond donors (Lipinski definition) is 1. The van der Waals surface area contributed by atoms with Gasteiger partial charge in [-0.2, -0.15) is 0 Å². The van der Waals surface area contributed by atoms with Crippen LogP contribution in [0.3, 0.4) is 0 Å². The molecule has 0 aromatic rings. The first kappa shape index (κ1) is 8.88. The Balaban J connectivity index is 3.07. The highest BCUT2D eigenvalue weighted by Crippen LogP contribution is 2.02. The maximum Gasteiger partial charge on any atom is 0.0839 e. The number of rotatable bonds is 3. The van der Waals surface area contributed by atoms with Crippen LogP contribution in [0.15, 0.2) is 0 Å². The van der Waals surface area contributed by atoms with Gasteiger partial charge in [0.25, 0.3) is 0 Å². The average molecular weight is 133 g/mol. The third-order valence-corrected chi connectivity index (χ3v) is 0.551. The Morgan fingerprint density at radius 1 is 1.33 bits per heavy atom. The SMILES string of the molecule is CCONOC(C)(C)C. The van der Waals surface area contributed by atoms with E-state index >= 15 is 0 Å². The fraction of sp³-hybridized carbons (Fsp3) is 1.00. The second-order valence-corrected chi connectivity index (χ2v) is 2.73. The Hall–Kier alpha value is -0.120. The summed E-state index contributed by atoms with van der Waals surface area (Å²) in [6.07, 6.45) is 0. The van der Waals surface area contributed by atoms with Crippen LogP contribution in [-0.4, -0.2) is 12.2 Å². The molecule has 0 spiro atoms.